The number of carbonyl (C=O) groups is 3. The molecule has 7 atom stereocenters. The monoisotopic (exact) mass is 564 g/mol. The Morgan fingerprint density at radius 3 is 2.58 bits per heavy atom. The van der Waals surface area contributed by atoms with Gasteiger partial charge in [0.2, 0.25) is 17.7 Å². The molecule has 5 heterocycles. The lowest BCUT2D eigenvalue weighted by atomic mass is 9.74. The van der Waals surface area contributed by atoms with Gasteiger partial charge in [0.1, 0.15) is 18.2 Å². The molecule has 10 nitrogen and oxygen atoms in total. The maximum atomic E-state index is 14.7. The van der Waals surface area contributed by atoms with Gasteiger partial charge in [-0.15, -0.1) is 16.9 Å². The van der Waals surface area contributed by atoms with E-state index in [1.807, 2.05) is 69.3 Å². The Hall–Kier alpha value is -3.18. The van der Waals surface area contributed by atoms with Crippen molar-refractivity contribution >= 4 is 40.5 Å². The second kappa shape index (κ2) is 9.73. The molecule has 4 aliphatic rings. The van der Waals surface area contributed by atoms with Crippen molar-refractivity contribution in [2.75, 3.05) is 26.7 Å². The van der Waals surface area contributed by atoms with Crippen LogP contribution in [0.1, 0.15) is 27.2 Å². The SMILES string of the molecule is CC[C@H](C)[C@H](CO)N1C(=O)[C@@H]2[C@@H]3C(=O)N(C)CC=C[C@]3(C)S[C@@]23C=CCN(Cn2nnc4ccccc42)C(=O)C13. The Morgan fingerprint density at radius 2 is 1.82 bits per heavy atom. The highest BCUT2D eigenvalue weighted by Crippen LogP contribution is 2.66. The minimum Gasteiger partial charge on any atom is -0.394 e. The number of para-hydroxylation sites is 1. The van der Waals surface area contributed by atoms with E-state index >= 15 is 0 Å². The van der Waals surface area contributed by atoms with Crippen LogP contribution >= 0.6 is 11.8 Å². The fraction of sp³-hybridized carbons (Fsp3) is 0.552. The Bertz CT molecular complexity index is 1420. The highest BCUT2D eigenvalue weighted by Gasteiger charge is 2.74. The summed E-state index contributed by atoms with van der Waals surface area (Å²) >= 11 is 1.55. The first-order valence-corrected chi connectivity index (χ1v) is 14.8. The molecule has 1 spiro atoms. The molecule has 212 valence electrons. The van der Waals surface area contributed by atoms with E-state index in [2.05, 4.69) is 10.3 Å². The summed E-state index contributed by atoms with van der Waals surface area (Å²) in [7, 11) is 1.76. The molecule has 0 aliphatic carbocycles. The maximum absolute atomic E-state index is 14.7. The Kier molecular flexibility index (Phi) is 6.57. The highest BCUT2D eigenvalue weighted by molar-refractivity contribution is 8.02. The van der Waals surface area contributed by atoms with Crippen LogP contribution in [0.3, 0.4) is 0 Å². The van der Waals surface area contributed by atoms with Crippen molar-refractivity contribution < 1.29 is 19.5 Å². The summed E-state index contributed by atoms with van der Waals surface area (Å²) < 4.78 is 0.0927. The number of amides is 3. The number of aliphatic hydroxyl groups is 1. The molecule has 2 aromatic rings. The molecule has 40 heavy (non-hydrogen) atoms. The molecule has 0 radical (unpaired) electrons. The van der Waals surface area contributed by atoms with Gasteiger partial charge in [0.25, 0.3) is 0 Å². The average Bonchev–Trinajstić information content (AvgIpc) is 3.47. The number of hydrogen-bond donors (Lipinski definition) is 1. The van der Waals surface area contributed by atoms with E-state index in [1.54, 1.807) is 38.2 Å². The number of thioether (sulfide) groups is 1. The van der Waals surface area contributed by atoms with Gasteiger partial charge in [-0.25, -0.2) is 4.68 Å². The zero-order chi connectivity index (χ0) is 28.4. The summed E-state index contributed by atoms with van der Waals surface area (Å²) in [6.45, 7) is 6.75. The predicted octanol–water partition coefficient (Wildman–Crippen LogP) is 1.91. The van der Waals surface area contributed by atoms with E-state index in [0.29, 0.717) is 13.1 Å². The minimum absolute atomic E-state index is 0.0404. The lowest BCUT2D eigenvalue weighted by molar-refractivity contribution is -0.148. The Balaban J connectivity index is 1.47. The zero-order valence-corrected chi connectivity index (χ0v) is 24.1. The van der Waals surface area contributed by atoms with Crippen molar-refractivity contribution in [1.82, 2.24) is 29.7 Å². The summed E-state index contributed by atoms with van der Waals surface area (Å²) in [5, 5.41) is 19.1. The van der Waals surface area contributed by atoms with Gasteiger partial charge in [-0.05, 0) is 25.0 Å². The summed E-state index contributed by atoms with van der Waals surface area (Å²) in [5.74, 6) is -1.91. The first-order valence-electron chi connectivity index (χ1n) is 14.0. The standard InChI is InChI=1S/C29H36N6O4S/c1-5-18(2)21(16-36)35-24-27(39)33(17-34-20-11-7-6-10-19(20)30-31-34)15-9-13-29(24)23(26(35)38)22-25(37)32(4)14-8-12-28(22,3)40-29/h6-13,18,21-24,36H,5,14-17H2,1-4H3/t18-,21-,22+,23-,24?,28-,29-/m0/s1. The molecule has 3 amide bonds. The van der Waals surface area contributed by atoms with Gasteiger partial charge >= 0.3 is 0 Å². The van der Waals surface area contributed by atoms with E-state index in [1.165, 1.54) is 0 Å². The molecule has 2 saturated heterocycles. The van der Waals surface area contributed by atoms with Crippen LogP contribution in [-0.4, -0.2) is 101 Å². The van der Waals surface area contributed by atoms with Gasteiger partial charge in [0.15, 0.2) is 0 Å². The number of likely N-dealkylation sites (N-methyl/N-ethyl adjacent to an activating group) is 1. The number of fused-ring (bicyclic) bond motifs is 3. The van der Waals surface area contributed by atoms with E-state index in [4.69, 9.17) is 0 Å². The third-order valence-corrected chi connectivity index (χ3v) is 11.1. The summed E-state index contributed by atoms with van der Waals surface area (Å²) in [6.07, 6.45) is 8.73. The topological polar surface area (TPSA) is 112 Å². The lowest BCUT2D eigenvalue weighted by Gasteiger charge is -2.41. The van der Waals surface area contributed by atoms with Crippen molar-refractivity contribution in [3.05, 3.63) is 48.6 Å². The molecule has 4 aliphatic heterocycles. The molecule has 11 heteroatoms. The fourth-order valence-electron chi connectivity index (χ4n) is 7.11. The van der Waals surface area contributed by atoms with Gasteiger partial charge in [-0.3, -0.25) is 14.4 Å². The number of aromatic nitrogens is 3. The largest absolute Gasteiger partial charge is 0.394 e. The van der Waals surface area contributed by atoms with E-state index in [9.17, 15) is 19.5 Å². The molecule has 1 N–H and O–H groups in total. The molecule has 1 unspecified atom stereocenters. The van der Waals surface area contributed by atoms with Crippen LogP contribution in [0.4, 0.5) is 0 Å². The van der Waals surface area contributed by atoms with Crippen molar-refractivity contribution in [3.63, 3.8) is 0 Å². The van der Waals surface area contributed by atoms with Crippen LogP contribution in [-0.2, 0) is 21.1 Å². The summed E-state index contributed by atoms with van der Waals surface area (Å²) in [6, 6.07) is 6.17. The van der Waals surface area contributed by atoms with Crippen LogP contribution in [0, 0.1) is 17.8 Å². The smallest absolute Gasteiger partial charge is 0.248 e. The Labute approximate surface area is 238 Å². The molecular weight excluding hydrogens is 528 g/mol. The first-order chi connectivity index (χ1) is 19.2. The fourth-order valence-corrected chi connectivity index (χ4v) is 9.26. The van der Waals surface area contributed by atoms with Gasteiger partial charge in [0, 0.05) is 24.9 Å². The molecular formula is C29H36N6O4S. The lowest BCUT2D eigenvalue weighted by Crippen LogP contribution is -2.58. The number of hydrogen-bond acceptors (Lipinski definition) is 7. The van der Waals surface area contributed by atoms with Crippen LogP contribution in [0.2, 0.25) is 0 Å². The zero-order valence-electron chi connectivity index (χ0n) is 23.3. The molecule has 1 aromatic heterocycles. The van der Waals surface area contributed by atoms with Crippen molar-refractivity contribution in [1.29, 1.82) is 0 Å². The summed E-state index contributed by atoms with van der Waals surface area (Å²) in [5.41, 5.74) is 1.55. The second-order valence-corrected chi connectivity index (χ2v) is 13.5. The quantitative estimate of drug-likeness (QED) is 0.534. The molecule has 0 bridgehead atoms. The van der Waals surface area contributed by atoms with Gasteiger partial charge in [-0.1, -0.05) is 61.9 Å². The predicted molar refractivity (Wildman–Crippen MR) is 152 cm³/mol. The van der Waals surface area contributed by atoms with E-state index in [-0.39, 0.29) is 36.9 Å². The molecule has 1 aromatic carbocycles. The number of likely N-dealkylation sites (tertiary alicyclic amines) is 1. The molecule has 0 saturated carbocycles. The van der Waals surface area contributed by atoms with Crippen molar-refractivity contribution in [2.45, 2.75) is 55.4 Å². The first kappa shape index (κ1) is 27.0. The van der Waals surface area contributed by atoms with Crippen LogP contribution in [0.5, 0.6) is 0 Å². The van der Waals surface area contributed by atoms with Crippen LogP contribution in [0.15, 0.2) is 48.6 Å². The normalized spacial score (nSPS) is 33.2. The third-order valence-electron chi connectivity index (χ3n) is 9.35. The van der Waals surface area contributed by atoms with Crippen molar-refractivity contribution in [2.24, 2.45) is 17.8 Å². The number of rotatable bonds is 6. The van der Waals surface area contributed by atoms with Crippen LogP contribution < -0.4 is 0 Å². The average molecular weight is 565 g/mol. The van der Waals surface area contributed by atoms with E-state index < -0.39 is 33.4 Å². The van der Waals surface area contributed by atoms with Gasteiger partial charge < -0.3 is 19.8 Å². The van der Waals surface area contributed by atoms with Gasteiger partial charge in [-0.2, -0.15) is 0 Å². The number of carbonyl (C=O) groups excluding carboxylic acids is 3. The second-order valence-electron chi connectivity index (χ2n) is 11.7. The number of benzene rings is 1. The summed E-state index contributed by atoms with van der Waals surface area (Å²) in [4.78, 5) is 48.0. The highest BCUT2D eigenvalue weighted by atomic mass is 32.2. The number of aliphatic hydroxyl groups excluding tert-OH is 1. The number of nitrogens with zero attached hydrogens (tertiary/aromatic N) is 6. The third kappa shape index (κ3) is 3.77. The molecule has 6 rings (SSSR count). The molecule has 2 fully saturated rings. The van der Waals surface area contributed by atoms with Gasteiger partial charge in [0.05, 0.1) is 34.7 Å². The van der Waals surface area contributed by atoms with Crippen molar-refractivity contribution in [3.8, 4) is 0 Å². The van der Waals surface area contributed by atoms with E-state index in [0.717, 1.165) is 17.5 Å². The maximum Gasteiger partial charge on any atom is 0.248 e. The van der Waals surface area contributed by atoms with Crippen LogP contribution in [0.25, 0.3) is 11.0 Å². The minimum atomic E-state index is -0.953. The Morgan fingerprint density at radius 1 is 1.07 bits per heavy atom.